The van der Waals surface area contributed by atoms with Gasteiger partial charge < -0.3 is 14.7 Å². The maximum atomic E-state index is 12.3. The van der Waals surface area contributed by atoms with E-state index in [-0.39, 0.29) is 5.91 Å². The van der Waals surface area contributed by atoms with Crippen LogP contribution in [0.25, 0.3) is 0 Å². The molecule has 0 saturated carbocycles. The van der Waals surface area contributed by atoms with Crippen LogP contribution in [0.5, 0.6) is 5.75 Å². The lowest BCUT2D eigenvalue weighted by molar-refractivity contribution is -0.140. The van der Waals surface area contributed by atoms with Gasteiger partial charge in [-0.1, -0.05) is 17.7 Å². The molecule has 1 aromatic carbocycles. The number of carbonyl (C=O) groups is 1. The van der Waals surface area contributed by atoms with E-state index in [2.05, 4.69) is 0 Å². The van der Waals surface area contributed by atoms with Gasteiger partial charge in [-0.15, -0.1) is 0 Å². The van der Waals surface area contributed by atoms with Gasteiger partial charge >= 0.3 is 0 Å². The number of rotatable bonds is 6. The molecule has 0 aliphatic rings. The first-order chi connectivity index (χ1) is 9.23. The van der Waals surface area contributed by atoms with E-state index in [1.807, 2.05) is 38.1 Å². The number of ether oxygens (including phenoxy) is 1. The van der Waals surface area contributed by atoms with Crippen LogP contribution in [-0.4, -0.2) is 40.7 Å². The molecule has 0 heterocycles. The van der Waals surface area contributed by atoms with Crippen molar-refractivity contribution in [3.05, 3.63) is 29.8 Å². The highest BCUT2D eigenvalue weighted by molar-refractivity contribution is 5.81. The van der Waals surface area contributed by atoms with E-state index in [0.29, 0.717) is 18.8 Å². The highest BCUT2D eigenvalue weighted by Crippen LogP contribution is 2.15. The molecule has 0 aliphatic heterocycles. The van der Waals surface area contributed by atoms with Crippen molar-refractivity contribution in [2.75, 3.05) is 13.1 Å². The second-order valence-electron chi connectivity index (χ2n) is 5.74. The summed E-state index contributed by atoms with van der Waals surface area (Å²) in [5, 5.41) is 9.84. The first kappa shape index (κ1) is 16.5. The largest absolute Gasteiger partial charge is 0.481 e. The van der Waals surface area contributed by atoms with Crippen LogP contribution in [0.4, 0.5) is 0 Å². The minimum absolute atomic E-state index is 0.116. The van der Waals surface area contributed by atoms with Crippen LogP contribution >= 0.6 is 0 Å². The lowest BCUT2D eigenvalue weighted by atomic mass is 10.1. The van der Waals surface area contributed by atoms with E-state index in [1.165, 1.54) is 0 Å². The van der Waals surface area contributed by atoms with Crippen molar-refractivity contribution in [2.24, 2.45) is 0 Å². The molecule has 4 heteroatoms. The standard InChI is InChI=1S/C16H25NO3/c1-6-17(11-16(4,5)19)15(18)13(3)20-14-9-7-12(2)8-10-14/h7-10,13,19H,6,11H2,1-5H3. The number of likely N-dealkylation sites (N-methyl/N-ethyl adjacent to an activating group) is 1. The highest BCUT2D eigenvalue weighted by Gasteiger charge is 2.25. The van der Waals surface area contributed by atoms with Gasteiger partial charge in [-0.25, -0.2) is 0 Å². The molecule has 1 rings (SSSR count). The molecule has 20 heavy (non-hydrogen) atoms. The summed E-state index contributed by atoms with van der Waals surface area (Å²) in [6, 6.07) is 7.60. The van der Waals surface area contributed by atoms with Crippen molar-refractivity contribution >= 4 is 5.91 Å². The predicted molar refractivity (Wildman–Crippen MR) is 79.8 cm³/mol. The third-order valence-corrected chi connectivity index (χ3v) is 2.95. The molecule has 4 nitrogen and oxygen atoms in total. The lowest BCUT2D eigenvalue weighted by Crippen LogP contribution is -2.47. The minimum Gasteiger partial charge on any atom is -0.481 e. The summed E-state index contributed by atoms with van der Waals surface area (Å²) in [7, 11) is 0. The first-order valence-electron chi connectivity index (χ1n) is 6.97. The van der Waals surface area contributed by atoms with Crippen LogP contribution in [0.15, 0.2) is 24.3 Å². The van der Waals surface area contributed by atoms with Crippen molar-refractivity contribution < 1.29 is 14.6 Å². The normalized spacial score (nSPS) is 12.9. The van der Waals surface area contributed by atoms with E-state index in [9.17, 15) is 9.90 Å². The van der Waals surface area contributed by atoms with Crippen LogP contribution in [0.1, 0.15) is 33.3 Å². The molecule has 0 fully saturated rings. The zero-order valence-corrected chi connectivity index (χ0v) is 13.0. The Labute approximate surface area is 121 Å². The molecule has 0 radical (unpaired) electrons. The summed E-state index contributed by atoms with van der Waals surface area (Å²) >= 11 is 0. The smallest absolute Gasteiger partial charge is 0.263 e. The average molecular weight is 279 g/mol. The number of hydrogen-bond donors (Lipinski definition) is 1. The Balaban J connectivity index is 2.67. The fourth-order valence-corrected chi connectivity index (χ4v) is 1.94. The van der Waals surface area contributed by atoms with E-state index < -0.39 is 11.7 Å². The van der Waals surface area contributed by atoms with Crippen molar-refractivity contribution in [2.45, 2.75) is 46.3 Å². The Bertz CT molecular complexity index is 434. The fraction of sp³-hybridized carbons (Fsp3) is 0.562. The molecular formula is C16H25NO3. The SMILES string of the molecule is CCN(CC(C)(C)O)C(=O)C(C)Oc1ccc(C)cc1. The maximum absolute atomic E-state index is 12.3. The summed E-state index contributed by atoms with van der Waals surface area (Å²) in [6.45, 7) is 9.84. The molecule has 0 aliphatic carbocycles. The number of aryl methyl sites for hydroxylation is 1. The molecule has 1 amide bonds. The number of carbonyl (C=O) groups excluding carboxylic acids is 1. The van der Waals surface area contributed by atoms with Crippen molar-refractivity contribution in [3.8, 4) is 5.75 Å². The lowest BCUT2D eigenvalue weighted by Gasteiger charge is -2.30. The molecule has 0 saturated heterocycles. The van der Waals surface area contributed by atoms with E-state index in [1.54, 1.807) is 25.7 Å². The van der Waals surface area contributed by atoms with Gasteiger partial charge in [0.05, 0.1) is 5.60 Å². The Morgan fingerprint density at radius 3 is 2.35 bits per heavy atom. The number of amides is 1. The zero-order chi connectivity index (χ0) is 15.3. The average Bonchev–Trinajstić information content (AvgIpc) is 2.36. The predicted octanol–water partition coefficient (Wildman–Crippen LogP) is 2.38. The fourth-order valence-electron chi connectivity index (χ4n) is 1.94. The van der Waals surface area contributed by atoms with Crippen molar-refractivity contribution in [1.29, 1.82) is 0 Å². The first-order valence-corrected chi connectivity index (χ1v) is 6.97. The molecule has 1 atom stereocenters. The van der Waals surface area contributed by atoms with Crippen LogP contribution in [0.3, 0.4) is 0 Å². The van der Waals surface area contributed by atoms with Crippen molar-refractivity contribution in [3.63, 3.8) is 0 Å². The number of aliphatic hydroxyl groups is 1. The van der Waals surface area contributed by atoms with Gasteiger partial charge in [0.2, 0.25) is 0 Å². The zero-order valence-electron chi connectivity index (χ0n) is 13.0. The summed E-state index contributed by atoms with van der Waals surface area (Å²) in [6.07, 6.45) is -0.569. The second-order valence-corrected chi connectivity index (χ2v) is 5.74. The molecular weight excluding hydrogens is 254 g/mol. The van der Waals surface area contributed by atoms with Gasteiger partial charge in [0, 0.05) is 13.1 Å². The van der Waals surface area contributed by atoms with E-state index in [0.717, 1.165) is 5.56 Å². The maximum Gasteiger partial charge on any atom is 0.263 e. The van der Waals surface area contributed by atoms with Crippen LogP contribution < -0.4 is 4.74 Å². The Kier molecular flexibility index (Phi) is 5.57. The van der Waals surface area contributed by atoms with Gasteiger partial charge in [0.25, 0.3) is 5.91 Å². The molecule has 0 aromatic heterocycles. The highest BCUT2D eigenvalue weighted by atomic mass is 16.5. The minimum atomic E-state index is -0.907. The summed E-state index contributed by atoms with van der Waals surface area (Å²) in [5.74, 6) is 0.561. The van der Waals surface area contributed by atoms with Gasteiger partial charge in [-0.2, -0.15) is 0 Å². The molecule has 1 unspecified atom stereocenters. The third kappa shape index (κ3) is 5.21. The second kappa shape index (κ2) is 6.75. The monoisotopic (exact) mass is 279 g/mol. The molecule has 0 bridgehead atoms. The van der Waals surface area contributed by atoms with E-state index >= 15 is 0 Å². The Hall–Kier alpha value is -1.55. The molecule has 1 aromatic rings. The van der Waals surface area contributed by atoms with Gasteiger partial charge in [-0.3, -0.25) is 4.79 Å². The third-order valence-electron chi connectivity index (χ3n) is 2.95. The number of nitrogens with zero attached hydrogens (tertiary/aromatic N) is 1. The van der Waals surface area contributed by atoms with Crippen molar-refractivity contribution in [1.82, 2.24) is 4.90 Å². The van der Waals surface area contributed by atoms with Crippen LogP contribution in [-0.2, 0) is 4.79 Å². The summed E-state index contributed by atoms with van der Waals surface area (Å²) in [4.78, 5) is 13.9. The quantitative estimate of drug-likeness (QED) is 0.870. The molecule has 1 N–H and O–H groups in total. The van der Waals surface area contributed by atoms with Gasteiger partial charge in [-0.05, 0) is 46.8 Å². The topological polar surface area (TPSA) is 49.8 Å². The summed E-state index contributed by atoms with van der Waals surface area (Å²) < 4.78 is 5.66. The molecule has 112 valence electrons. The number of hydrogen-bond acceptors (Lipinski definition) is 3. The van der Waals surface area contributed by atoms with Crippen LogP contribution in [0, 0.1) is 6.92 Å². The van der Waals surface area contributed by atoms with Gasteiger partial charge in [0.1, 0.15) is 5.75 Å². The Morgan fingerprint density at radius 2 is 1.90 bits per heavy atom. The van der Waals surface area contributed by atoms with Crippen LogP contribution in [0.2, 0.25) is 0 Å². The molecule has 0 spiro atoms. The van der Waals surface area contributed by atoms with Gasteiger partial charge in [0.15, 0.2) is 6.10 Å². The number of benzene rings is 1. The Morgan fingerprint density at radius 1 is 1.35 bits per heavy atom. The van der Waals surface area contributed by atoms with E-state index in [4.69, 9.17) is 4.74 Å². The summed E-state index contributed by atoms with van der Waals surface area (Å²) in [5.41, 5.74) is 0.239.